The third kappa shape index (κ3) is 3.47. The summed E-state index contributed by atoms with van der Waals surface area (Å²) in [5.41, 5.74) is 0.931. The molecule has 0 spiro atoms. The maximum atomic E-state index is 11.0. The lowest BCUT2D eigenvalue weighted by molar-refractivity contribution is -0.136. The zero-order valence-electron chi connectivity index (χ0n) is 9.33. The van der Waals surface area contributed by atoms with Crippen molar-refractivity contribution in [1.29, 1.82) is 0 Å². The SMILES string of the molecule is CC(=O)CC1COC/C1=C(/C)OC(C)=O. The van der Waals surface area contributed by atoms with Crippen molar-refractivity contribution in [2.24, 2.45) is 5.92 Å². The van der Waals surface area contributed by atoms with Crippen LogP contribution in [0.5, 0.6) is 0 Å². The molecule has 1 heterocycles. The third-order valence-corrected chi connectivity index (χ3v) is 2.35. The predicted molar refractivity (Wildman–Crippen MR) is 54.1 cm³/mol. The van der Waals surface area contributed by atoms with Gasteiger partial charge in [-0.15, -0.1) is 0 Å². The van der Waals surface area contributed by atoms with Crippen molar-refractivity contribution in [3.8, 4) is 0 Å². The van der Waals surface area contributed by atoms with Crippen molar-refractivity contribution in [3.05, 3.63) is 11.3 Å². The van der Waals surface area contributed by atoms with Crippen LogP contribution < -0.4 is 0 Å². The van der Waals surface area contributed by atoms with Gasteiger partial charge in [0.05, 0.1) is 13.2 Å². The molecule has 0 aliphatic carbocycles. The summed E-state index contributed by atoms with van der Waals surface area (Å²) in [7, 11) is 0. The lowest BCUT2D eigenvalue weighted by atomic mass is 9.96. The molecule has 84 valence electrons. The Labute approximate surface area is 89.2 Å². The zero-order valence-corrected chi connectivity index (χ0v) is 9.33. The zero-order chi connectivity index (χ0) is 11.4. The summed E-state index contributed by atoms with van der Waals surface area (Å²) in [6.45, 7) is 5.64. The Kier molecular flexibility index (Phi) is 4.03. The number of esters is 1. The Hall–Kier alpha value is -1.16. The van der Waals surface area contributed by atoms with Gasteiger partial charge in [-0.1, -0.05) is 0 Å². The molecule has 0 amide bonds. The lowest BCUT2D eigenvalue weighted by Crippen LogP contribution is -2.10. The summed E-state index contributed by atoms with van der Waals surface area (Å²) in [4.78, 5) is 21.8. The highest BCUT2D eigenvalue weighted by Crippen LogP contribution is 2.26. The number of hydrogen-bond donors (Lipinski definition) is 0. The fourth-order valence-electron chi connectivity index (χ4n) is 1.73. The smallest absolute Gasteiger partial charge is 0.307 e. The van der Waals surface area contributed by atoms with Crippen LogP contribution in [-0.4, -0.2) is 25.0 Å². The Morgan fingerprint density at radius 1 is 1.40 bits per heavy atom. The number of hydrogen-bond acceptors (Lipinski definition) is 4. The van der Waals surface area contributed by atoms with Gasteiger partial charge in [0.15, 0.2) is 0 Å². The highest BCUT2D eigenvalue weighted by molar-refractivity contribution is 5.76. The highest BCUT2D eigenvalue weighted by Gasteiger charge is 2.26. The molecule has 1 saturated heterocycles. The van der Waals surface area contributed by atoms with Gasteiger partial charge < -0.3 is 14.3 Å². The fourth-order valence-corrected chi connectivity index (χ4v) is 1.73. The van der Waals surface area contributed by atoms with Crippen molar-refractivity contribution in [1.82, 2.24) is 0 Å². The topological polar surface area (TPSA) is 52.6 Å². The molecular weight excluding hydrogens is 196 g/mol. The molecule has 1 aliphatic rings. The average molecular weight is 212 g/mol. The minimum Gasteiger partial charge on any atom is -0.432 e. The summed E-state index contributed by atoms with van der Waals surface area (Å²) in [6, 6.07) is 0. The van der Waals surface area contributed by atoms with Crippen LogP contribution in [0.15, 0.2) is 11.3 Å². The number of Topliss-reactive ketones (excluding diaryl/α,β-unsaturated/α-hetero) is 1. The van der Waals surface area contributed by atoms with E-state index in [1.54, 1.807) is 13.8 Å². The first kappa shape index (κ1) is 11.9. The summed E-state index contributed by atoms with van der Waals surface area (Å²) in [5, 5.41) is 0. The summed E-state index contributed by atoms with van der Waals surface area (Å²) < 4.78 is 10.3. The van der Waals surface area contributed by atoms with Crippen LogP contribution in [0.2, 0.25) is 0 Å². The van der Waals surface area contributed by atoms with Gasteiger partial charge in [-0.25, -0.2) is 0 Å². The molecule has 4 nitrogen and oxygen atoms in total. The molecule has 1 unspecified atom stereocenters. The van der Waals surface area contributed by atoms with Crippen LogP contribution in [0.25, 0.3) is 0 Å². The molecular formula is C11H16O4. The lowest BCUT2D eigenvalue weighted by Gasteiger charge is -2.11. The Balaban J connectivity index is 2.73. The van der Waals surface area contributed by atoms with Crippen LogP contribution >= 0.6 is 0 Å². The number of carbonyl (C=O) groups is 2. The maximum absolute atomic E-state index is 11.0. The van der Waals surface area contributed by atoms with E-state index >= 15 is 0 Å². The van der Waals surface area contributed by atoms with E-state index in [-0.39, 0.29) is 17.7 Å². The van der Waals surface area contributed by atoms with E-state index in [2.05, 4.69) is 0 Å². The number of allylic oxidation sites excluding steroid dienone is 1. The first-order valence-corrected chi connectivity index (χ1v) is 4.96. The van der Waals surface area contributed by atoms with Gasteiger partial charge in [-0.3, -0.25) is 4.79 Å². The van der Waals surface area contributed by atoms with Crippen LogP contribution in [0, 0.1) is 5.92 Å². The molecule has 4 heteroatoms. The van der Waals surface area contributed by atoms with Crippen LogP contribution in [-0.2, 0) is 19.1 Å². The van der Waals surface area contributed by atoms with E-state index in [0.717, 1.165) is 5.57 Å². The normalized spacial score (nSPS) is 23.8. The molecule has 1 fully saturated rings. The standard InChI is InChI=1S/C11H16O4/c1-7(12)4-10-5-14-6-11(10)8(2)15-9(3)13/h10H,4-6H2,1-3H3/b11-8+. The van der Waals surface area contributed by atoms with Crippen LogP contribution in [0.3, 0.4) is 0 Å². The van der Waals surface area contributed by atoms with Crippen LogP contribution in [0.4, 0.5) is 0 Å². The summed E-state index contributed by atoms with van der Waals surface area (Å²) >= 11 is 0. The quantitative estimate of drug-likeness (QED) is 0.525. The highest BCUT2D eigenvalue weighted by atomic mass is 16.5. The third-order valence-electron chi connectivity index (χ3n) is 2.35. The second-order valence-electron chi connectivity index (χ2n) is 3.79. The van der Waals surface area contributed by atoms with Gasteiger partial charge in [-0.2, -0.15) is 0 Å². The van der Waals surface area contributed by atoms with Crippen molar-refractivity contribution in [2.75, 3.05) is 13.2 Å². The van der Waals surface area contributed by atoms with Gasteiger partial charge in [0, 0.05) is 19.3 Å². The molecule has 0 aromatic heterocycles. The number of rotatable bonds is 3. The molecule has 0 aromatic rings. The van der Waals surface area contributed by atoms with Crippen molar-refractivity contribution >= 4 is 11.8 Å². The summed E-state index contributed by atoms with van der Waals surface area (Å²) in [6.07, 6.45) is 0.452. The van der Waals surface area contributed by atoms with Crippen molar-refractivity contribution in [2.45, 2.75) is 27.2 Å². The largest absolute Gasteiger partial charge is 0.432 e. The Bertz CT molecular complexity index is 304. The molecule has 1 aliphatic heterocycles. The Morgan fingerprint density at radius 2 is 2.07 bits per heavy atom. The number of carbonyl (C=O) groups excluding carboxylic acids is 2. The van der Waals surface area contributed by atoms with E-state index < -0.39 is 0 Å². The minimum atomic E-state index is -0.339. The first-order chi connectivity index (χ1) is 7.00. The van der Waals surface area contributed by atoms with E-state index in [0.29, 0.717) is 25.4 Å². The molecule has 0 radical (unpaired) electrons. The van der Waals surface area contributed by atoms with Gasteiger partial charge >= 0.3 is 5.97 Å². The fraction of sp³-hybridized carbons (Fsp3) is 0.636. The molecule has 1 rings (SSSR count). The van der Waals surface area contributed by atoms with Gasteiger partial charge in [0.2, 0.25) is 0 Å². The number of ether oxygens (including phenoxy) is 2. The molecule has 0 N–H and O–H groups in total. The molecule has 0 saturated carbocycles. The minimum absolute atomic E-state index is 0.0712. The van der Waals surface area contributed by atoms with Gasteiger partial charge in [0.25, 0.3) is 0 Å². The molecule has 1 atom stereocenters. The second kappa shape index (κ2) is 5.07. The van der Waals surface area contributed by atoms with Gasteiger partial charge in [-0.05, 0) is 19.4 Å². The molecule has 15 heavy (non-hydrogen) atoms. The summed E-state index contributed by atoms with van der Waals surface area (Å²) in [5.74, 6) is 0.431. The van der Waals surface area contributed by atoms with E-state index in [9.17, 15) is 9.59 Å². The second-order valence-corrected chi connectivity index (χ2v) is 3.79. The predicted octanol–water partition coefficient (Wildman–Crippen LogP) is 1.45. The van der Waals surface area contributed by atoms with E-state index in [1.807, 2.05) is 0 Å². The molecule has 0 aromatic carbocycles. The Morgan fingerprint density at radius 3 is 2.60 bits per heavy atom. The maximum Gasteiger partial charge on any atom is 0.307 e. The number of ketones is 1. The molecule has 0 bridgehead atoms. The van der Waals surface area contributed by atoms with Crippen LogP contribution in [0.1, 0.15) is 27.2 Å². The van der Waals surface area contributed by atoms with Gasteiger partial charge in [0.1, 0.15) is 11.5 Å². The van der Waals surface area contributed by atoms with E-state index in [4.69, 9.17) is 9.47 Å². The average Bonchev–Trinajstić information content (AvgIpc) is 2.49. The van der Waals surface area contributed by atoms with Crippen molar-refractivity contribution < 1.29 is 19.1 Å². The monoisotopic (exact) mass is 212 g/mol. The first-order valence-electron chi connectivity index (χ1n) is 4.96. The van der Waals surface area contributed by atoms with E-state index in [1.165, 1.54) is 6.92 Å². The van der Waals surface area contributed by atoms with Crippen molar-refractivity contribution in [3.63, 3.8) is 0 Å².